The fourth-order valence-corrected chi connectivity index (χ4v) is 1.18. The number of carbonyl (C=O) groups excluding carboxylic acids is 2. The van der Waals surface area contributed by atoms with Crippen molar-refractivity contribution in [1.82, 2.24) is 0 Å². The van der Waals surface area contributed by atoms with Gasteiger partial charge in [0.25, 0.3) is 0 Å². The van der Waals surface area contributed by atoms with Gasteiger partial charge in [-0.2, -0.15) is 0 Å². The Bertz CT molecular complexity index is 296. The molecule has 0 heterocycles. The average molecular weight is 224 g/mol. The number of hydrogen-bond donors (Lipinski definition) is 0. The fraction of sp³-hybridized carbons (Fsp3) is 0.615. The maximum absolute atomic E-state index is 11.3. The summed E-state index contributed by atoms with van der Waals surface area (Å²) in [6.45, 7) is 3.62. The van der Waals surface area contributed by atoms with E-state index in [9.17, 15) is 9.59 Å². The van der Waals surface area contributed by atoms with E-state index in [-0.39, 0.29) is 11.8 Å². The van der Waals surface area contributed by atoms with Gasteiger partial charge in [-0.1, -0.05) is 13.3 Å². The van der Waals surface area contributed by atoms with Crippen LogP contribution in [0.1, 0.15) is 46.0 Å². The van der Waals surface area contributed by atoms with Gasteiger partial charge in [-0.3, -0.25) is 0 Å². The summed E-state index contributed by atoms with van der Waals surface area (Å²) in [5, 5.41) is 0. The molecule has 3 heteroatoms. The van der Waals surface area contributed by atoms with E-state index in [0.29, 0.717) is 24.8 Å². The van der Waals surface area contributed by atoms with Crippen LogP contribution in [0, 0.1) is 0 Å². The maximum atomic E-state index is 11.3. The van der Waals surface area contributed by atoms with E-state index in [1.807, 2.05) is 0 Å². The predicted octanol–water partition coefficient (Wildman–Crippen LogP) is 2.80. The minimum atomic E-state index is -0.326. The highest BCUT2D eigenvalue weighted by molar-refractivity contribution is 5.88. The molecule has 0 aliphatic carbocycles. The summed E-state index contributed by atoms with van der Waals surface area (Å²) in [7, 11) is 1.37. The van der Waals surface area contributed by atoms with Crippen LogP contribution in [0.3, 0.4) is 0 Å². The van der Waals surface area contributed by atoms with Crippen LogP contribution < -0.4 is 0 Å². The van der Waals surface area contributed by atoms with E-state index in [0.717, 1.165) is 12.8 Å². The van der Waals surface area contributed by atoms with Crippen molar-refractivity contribution in [2.45, 2.75) is 46.0 Å². The van der Waals surface area contributed by atoms with E-state index < -0.39 is 0 Å². The first-order valence-corrected chi connectivity index (χ1v) is 5.63. The van der Waals surface area contributed by atoms with Crippen LogP contribution >= 0.6 is 0 Å². The lowest BCUT2D eigenvalue weighted by Crippen LogP contribution is -2.03. The van der Waals surface area contributed by atoms with Crippen LogP contribution in [-0.4, -0.2) is 18.9 Å². The molecule has 16 heavy (non-hydrogen) atoms. The number of ether oxygens (including phenoxy) is 1. The first-order valence-electron chi connectivity index (χ1n) is 5.63. The van der Waals surface area contributed by atoms with Crippen molar-refractivity contribution in [3.8, 4) is 0 Å². The highest BCUT2D eigenvalue weighted by Gasteiger charge is 2.07. The molecule has 0 rings (SSSR count). The molecule has 0 aromatic rings. The molecular formula is C13H20O3. The molecule has 0 atom stereocenters. The summed E-state index contributed by atoms with van der Waals surface area (Å²) in [6.07, 6.45) is 5.51. The van der Waals surface area contributed by atoms with Gasteiger partial charge in [0.15, 0.2) is 0 Å². The highest BCUT2D eigenvalue weighted by atomic mass is 16.5. The second-order valence-electron chi connectivity index (χ2n) is 3.66. The zero-order valence-electron chi connectivity index (χ0n) is 10.3. The van der Waals surface area contributed by atoms with Gasteiger partial charge in [0.2, 0.25) is 0 Å². The first-order chi connectivity index (χ1) is 7.61. The summed E-state index contributed by atoms with van der Waals surface area (Å²) >= 11 is 0. The van der Waals surface area contributed by atoms with Crippen LogP contribution in [0.2, 0.25) is 0 Å². The Hall–Kier alpha value is -1.34. The normalized spacial score (nSPS) is 9.19. The van der Waals surface area contributed by atoms with Crippen molar-refractivity contribution < 1.29 is 14.3 Å². The van der Waals surface area contributed by atoms with Crippen molar-refractivity contribution in [2.24, 2.45) is 0 Å². The summed E-state index contributed by atoms with van der Waals surface area (Å²) in [4.78, 5) is 22.0. The smallest absolute Gasteiger partial charge is 0.341 e. The summed E-state index contributed by atoms with van der Waals surface area (Å²) in [6, 6.07) is 0. The Morgan fingerprint density at radius 2 is 2.00 bits per heavy atom. The van der Waals surface area contributed by atoms with Crippen LogP contribution in [0.5, 0.6) is 0 Å². The third kappa shape index (κ3) is 7.02. The average Bonchev–Trinajstić information content (AvgIpc) is 2.26. The predicted molar refractivity (Wildman–Crippen MR) is 63.1 cm³/mol. The molecule has 0 saturated heterocycles. The van der Waals surface area contributed by atoms with Gasteiger partial charge >= 0.3 is 5.97 Å². The Kier molecular flexibility index (Phi) is 8.18. The summed E-state index contributed by atoms with van der Waals surface area (Å²) < 4.78 is 4.66. The number of unbranched alkanes of at least 4 members (excludes halogenated alkanes) is 1. The first kappa shape index (κ1) is 14.7. The van der Waals surface area contributed by atoms with E-state index in [4.69, 9.17) is 0 Å². The molecule has 0 amide bonds. The van der Waals surface area contributed by atoms with Crippen LogP contribution in [0.4, 0.5) is 0 Å². The highest BCUT2D eigenvalue weighted by Crippen LogP contribution is 2.08. The number of methoxy groups -OCH3 is 1. The topological polar surface area (TPSA) is 43.4 Å². The largest absolute Gasteiger partial charge is 0.465 e. The molecule has 0 aliphatic heterocycles. The molecule has 0 N–H and O–H groups in total. The second kappa shape index (κ2) is 8.93. The van der Waals surface area contributed by atoms with Gasteiger partial charge in [-0.05, 0) is 32.3 Å². The van der Waals surface area contributed by atoms with Gasteiger partial charge < -0.3 is 9.53 Å². The third-order valence-corrected chi connectivity index (χ3v) is 2.13. The lowest BCUT2D eigenvalue weighted by molar-refractivity contribution is -0.136. The van der Waals surface area contributed by atoms with E-state index in [2.05, 4.69) is 17.4 Å². The van der Waals surface area contributed by atoms with Gasteiger partial charge in [0.05, 0.1) is 12.7 Å². The molecule has 0 unspecified atom stereocenters. The van der Waals surface area contributed by atoms with E-state index in [1.54, 1.807) is 13.0 Å². The molecule has 3 nitrogen and oxygen atoms in total. The molecular weight excluding hydrogens is 204 g/mol. The fourth-order valence-electron chi connectivity index (χ4n) is 1.18. The van der Waals surface area contributed by atoms with Crippen LogP contribution in [0.15, 0.2) is 17.4 Å². The monoisotopic (exact) mass is 224 g/mol. The number of hydrogen-bond acceptors (Lipinski definition) is 3. The lowest BCUT2D eigenvalue weighted by atomic mass is 10.1. The second-order valence-corrected chi connectivity index (χ2v) is 3.66. The number of carbonyl (C=O) groups is 2. The Morgan fingerprint density at radius 1 is 1.31 bits per heavy atom. The molecule has 90 valence electrons. The third-order valence-electron chi connectivity index (χ3n) is 2.13. The Balaban J connectivity index is 4.41. The number of rotatable bonds is 7. The van der Waals surface area contributed by atoms with Crippen LogP contribution in [-0.2, 0) is 14.3 Å². The zero-order valence-corrected chi connectivity index (χ0v) is 10.3. The molecule has 0 radical (unpaired) electrons. The molecule has 0 aromatic heterocycles. The van der Waals surface area contributed by atoms with Gasteiger partial charge in [0.1, 0.15) is 5.78 Å². The van der Waals surface area contributed by atoms with Crippen molar-refractivity contribution in [1.29, 1.82) is 0 Å². The van der Waals surface area contributed by atoms with Gasteiger partial charge in [-0.15, -0.1) is 5.73 Å². The van der Waals surface area contributed by atoms with E-state index in [1.165, 1.54) is 7.11 Å². The van der Waals surface area contributed by atoms with E-state index >= 15 is 0 Å². The number of Topliss-reactive ketones (excluding diaryl/α,β-unsaturated/α-hetero) is 1. The number of ketones is 1. The van der Waals surface area contributed by atoms with Gasteiger partial charge in [0, 0.05) is 6.42 Å². The summed E-state index contributed by atoms with van der Waals surface area (Å²) in [5.41, 5.74) is 3.49. The quantitative estimate of drug-likeness (QED) is 0.379. The molecule has 0 aromatic carbocycles. The number of esters is 1. The Labute approximate surface area is 97.2 Å². The van der Waals surface area contributed by atoms with Crippen molar-refractivity contribution in [3.05, 3.63) is 17.4 Å². The zero-order chi connectivity index (χ0) is 12.4. The standard InChI is InChI=1S/C13H20O3/c1-4-5-9-12(13(15)16-3)10-7-6-8-11(2)14/h7H,4-6,8-9H2,1-3H3. The van der Waals surface area contributed by atoms with Crippen molar-refractivity contribution >= 4 is 11.8 Å². The van der Waals surface area contributed by atoms with Gasteiger partial charge in [-0.25, -0.2) is 4.79 Å². The molecule has 0 spiro atoms. The Morgan fingerprint density at radius 3 is 2.50 bits per heavy atom. The maximum Gasteiger partial charge on any atom is 0.341 e. The minimum Gasteiger partial charge on any atom is -0.465 e. The molecule has 0 saturated carbocycles. The summed E-state index contributed by atoms with van der Waals surface area (Å²) in [5.74, 6) is -0.182. The van der Waals surface area contributed by atoms with Crippen LogP contribution in [0.25, 0.3) is 0 Å². The SMILES string of the molecule is CCCCC(=C=CCCC(C)=O)C(=O)OC. The minimum absolute atomic E-state index is 0.145. The molecule has 0 fully saturated rings. The molecule has 0 aliphatic rings. The van der Waals surface area contributed by atoms with Crippen molar-refractivity contribution in [3.63, 3.8) is 0 Å². The lowest BCUT2D eigenvalue weighted by Gasteiger charge is -2.00. The van der Waals surface area contributed by atoms with Crippen molar-refractivity contribution in [2.75, 3.05) is 7.11 Å². The molecule has 0 bridgehead atoms.